The first kappa shape index (κ1) is 16.3. The Morgan fingerprint density at radius 1 is 1.29 bits per heavy atom. The van der Waals surface area contributed by atoms with Crippen LogP contribution in [0.5, 0.6) is 0 Å². The molecule has 0 unspecified atom stereocenters. The standard InChI is InChI=1S/C10H12N4O7/c1-21-3-2-11-9-7(13(17)18)4-6(10(15)12-16)5-8(9)14(19)20/h4-5,11,16H,2-3H2,1H3,(H,12,15). The molecule has 0 aromatic heterocycles. The highest BCUT2D eigenvalue weighted by Gasteiger charge is 2.28. The number of hydrogen-bond acceptors (Lipinski definition) is 8. The lowest BCUT2D eigenvalue weighted by Crippen LogP contribution is -2.19. The predicted molar refractivity (Wildman–Crippen MR) is 69.4 cm³/mol. The fraction of sp³-hybridized carbons (Fsp3) is 0.300. The molecule has 1 aromatic rings. The van der Waals surface area contributed by atoms with E-state index in [-0.39, 0.29) is 18.8 Å². The first-order valence-electron chi connectivity index (χ1n) is 5.56. The van der Waals surface area contributed by atoms with Gasteiger partial charge in [0.2, 0.25) is 0 Å². The SMILES string of the molecule is COCCNc1c([N+](=O)[O-])cc(C(=O)NO)cc1[N+](=O)[O-]. The van der Waals surface area contributed by atoms with Crippen molar-refractivity contribution in [2.24, 2.45) is 0 Å². The summed E-state index contributed by atoms with van der Waals surface area (Å²) in [5.41, 5.74) is -0.792. The molecule has 0 aliphatic rings. The van der Waals surface area contributed by atoms with E-state index in [1.165, 1.54) is 12.6 Å². The van der Waals surface area contributed by atoms with Crippen molar-refractivity contribution in [2.75, 3.05) is 25.6 Å². The molecular formula is C10H12N4O7. The average molecular weight is 300 g/mol. The molecule has 0 aliphatic heterocycles. The second kappa shape index (κ2) is 7.12. The molecule has 0 radical (unpaired) electrons. The van der Waals surface area contributed by atoms with Gasteiger partial charge in [-0.3, -0.25) is 30.2 Å². The van der Waals surface area contributed by atoms with Crippen molar-refractivity contribution < 1.29 is 24.6 Å². The van der Waals surface area contributed by atoms with Gasteiger partial charge in [-0.15, -0.1) is 0 Å². The fourth-order valence-electron chi connectivity index (χ4n) is 1.55. The molecule has 21 heavy (non-hydrogen) atoms. The molecule has 0 spiro atoms. The van der Waals surface area contributed by atoms with Crippen LogP contribution in [0.15, 0.2) is 12.1 Å². The number of nitro groups is 2. The molecule has 0 saturated heterocycles. The summed E-state index contributed by atoms with van der Waals surface area (Å²) in [7, 11) is 1.40. The minimum Gasteiger partial charge on any atom is -0.383 e. The second-order valence-electron chi connectivity index (χ2n) is 3.76. The number of anilines is 1. The molecule has 1 aromatic carbocycles. The van der Waals surface area contributed by atoms with E-state index in [0.717, 1.165) is 12.1 Å². The van der Waals surface area contributed by atoms with Gasteiger partial charge in [-0.05, 0) is 0 Å². The summed E-state index contributed by atoms with van der Waals surface area (Å²) in [6.45, 7) is 0.275. The van der Waals surface area contributed by atoms with Crippen LogP contribution in [0, 0.1) is 20.2 Å². The van der Waals surface area contributed by atoms with Gasteiger partial charge >= 0.3 is 0 Å². The summed E-state index contributed by atoms with van der Waals surface area (Å²) in [5.74, 6) is -1.09. The zero-order chi connectivity index (χ0) is 16.0. The van der Waals surface area contributed by atoms with Gasteiger partial charge in [-0.1, -0.05) is 0 Å². The highest BCUT2D eigenvalue weighted by molar-refractivity contribution is 5.96. The van der Waals surface area contributed by atoms with Crippen LogP contribution in [0.25, 0.3) is 0 Å². The Bertz CT molecular complexity index is 540. The number of hydroxylamine groups is 1. The third kappa shape index (κ3) is 3.84. The van der Waals surface area contributed by atoms with Gasteiger partial charge < -0.3 is 10.1 Å². The number of benzene rings is 1. The lowest BCUT2D eigenvalue weighted by molar-refractivity contribution is -0.392. The second-order valence-corrected chi connectivity index (χ2v) is 3.76. The largest absolute Gasteiger partial charge is 0.383 e. The van der Waals surface area contributed by atoms with Gasteiger partial charge in [0.1, 0.15) is 0 Å². The molecule has 0 bridgehead atoms. The Morgan fingerprint density at radius 2 is 1.81 bits per heavy atom. The lowest BCUT2D eigenvalue weighted by atomic mass is 10.1. The van der Waals surface area contributed by atoms with E-state index in [4.69, 9.17) is 9.94 Å². The maximum absolute atomic E-state index is 11.3. The fourth-order valence-corrected chi connectivity index (χ4v) is 1.55. The van der Waals surface area contributed by atoms with E-state index in [0.29, 0.717) is 0 Å². The normalized spacial score (nSPS) is 10.0. The number of ether oxygens (including phenoxy) is 1. The summed E-state index contributed by atoms with van der Waals surface area (Å²) in [6, 6.07) is 1.65. The minimum atomic E-state index is -1.09. The third-order valence-electron chi connectivity index (χ3n) is 2.46. The summed E-state index contributed by atoms with van der Waals surface area (Å²) in [5, 5.41) is 33.1. The number of nitrogens with zero attached hydrogens (tertiary/aromatic N) is 2. The Balaban J connectivity index is 3.40. The van der Waals surface area contributed by atoms with E-state index in [1.54, 1.807) is 0 Å². The van der Waals surface area contributed by atoms with Gasteiger partial charge in [-0.2, -0.15) is 0 Å². The molecule has 11 nitrogen and oxygen atoms in total. The Labute approximate surface area is 117 Å². The molecule has 0 saturated carbocycles. The maximum Gasteiger partial charge on any atom is 0.300 e. The highest BCUT2D eigenvalue weighted by atomic mass is 16.6. The first-order chi connectivity index (χ1) is 9.92. The lowest BCUT2D eigenvalue weighted by Gasteiger charge is -2.08. The van der Waals surface area contributed by atoms with Gasteiger partial charge in [0.25, 0.3) is 17.3 Å². The van der Waals surface area contributed by atoms with Crippen LogP contribution in [-0.4, -0.2) is 41.2 Å². The first-order valence-corrected chi connectivity index (χ1v) is 5.56. The van der Waals surface area contributed by atoms with Crippen LogP contribution < -0.4 is 10.8 Å². The molecule has 1 amide bonds. The van der Waals surface area contributed by atoms with Crippen LogP contribution >= 0.6 is 0 Å². The molecule has 11 heteroatoms. The minimum absolute atomic E-state index is 0.101. The Kier molecular flexibility index (Phi) is 5.51. The zero-order valence-corrected chi connectivity index (χ0v) is 10.9. The van der Waals surface area contributed by atoms with E-state index in [2.05, 4.69) is 5.32 Å². The topological polar surface area (TPSA) is 157 Å². The summed E-state index contributed by atoms with van der Waals surface area (Å²) < 4.78 is 4.74. The quantitative estimate of drug-likeness (QED) is 0.287. The van der Waals surface area contributed by atoms with Crippen molar-refractivity contribution >= 4 is 23.0 Å². The van der Waals surface area contributed by atoms with Crippen LogP contribution in [0.2, 0.25) is 0 Å². The van der Waals surface area contributed by atoms with Crippen LogP contribution in [0.3, 0.4) is 0 Å². The molecule has 0 heterocycles. The summed E-state index contributed by atoms with van der Waals surface area (Å²) in [6.07, 6.45) is 0. The van der Waals surface area contributed by atoms with E-state index in [9.17, 15) is 25.0 Å². The van der Waals surface area contributed by atoms with Crippen LogP contribution in [-0.2, 0) is 4.74 Å². The molecular weight excluding hydrogens is 288 g/mol. The number of amides is 1. The number of nitro benzene ring substituents is 2. The Morgan fingerprint density at radius 3 is 2.19 bits per heavy atom. The van der Waals surface area contributed by atoms with Crippen molar-refractivity contribution in [1.82, 2.24) is 5.48 Å². The predicted octanol–water partition coefficient (Wildman–Crippen LogP) is 0.680. The molecule has 0 atom stereocenters. The van der Waals surface area contributed by atoms with Gasteiger partial charge in [0, 0.05) is 25.8 Å². The molecule has 0 aliphatic carbocycles. The van der Waals surface area contributed by atoms with E-state index < -0.39 is 32.7 Å². The zero-order valence-electron chi connectivity index (χ0n) is 10.9. The number of carbonyl (C=O) groups is 1. The monoisotopic (exact) mass is 300 g/mol. The summed E-state index contributed by atoms with van der Waals surface area (Å²) >= 11 is 0. The van der Waals surface area contributed by atoms with Crippen LogP contribution in [0.4, 0.5) is 17.1 Å². The molecule has 0 fully saturated rings. The highest BCUT2D eigenvalue weighted by Crippen LogP contribution is 2.35. The smallest absolute Gasteiger partial charge is 0.300 e. The maximum atomic E-state index is 11.3. The molecule has 3 N–H and O–H groups in total. The number of carbonyl (C=O) groups excluding carboxylic acids is 1. The van der Waals surface area contributed by atoms with Crippen molar-refractivity contribution in [1.29, 1.82) is 0 Å². The number of hydrogen-bond donors (Lipinski definition) is 3. The summed E-state index contributed by atoms with van der Waals surface area (Å²) in [4.78, 5) is 31.6. The van der Waals surface area contributed by atoms with Crippen molar-refractivity contribution in [2.45, 2.75) is 0 Å². The van der Waals surface area contributed by atoms with E-state index >= 15 is 0 Å². The van der Waals surface area contributed by atoms with E-state index in [1.807, 2.05) is 0 Å². The van der Waals surface area contributed by atoms with Crippen molar-refractivity contribution in [3.63, 3.8) is 0 Å². The van der Waals surface area contributed by atoms with Crippen molar-refractivity contribution in [3.8, 4) is 0 Å². The average Bonchev–Trinajstić information content (AvgIpc) is 2.45. The number of rotatable bonds is 7. The molecule has 114 valence electrons. The number of methoxy groups -OCH3 is 1. The van der Waals surface area contributed by atoms with Crippen LogP contribution in [0.1, 0.15) is 10.4 Å². The Hall–Kier alpha value is -2.79. The van der Waals surface area contributed by atoms with Crippen molar-refractivity contribution in [3.05, 3.63) is 37.9 Å². The molecule has 1 rings (SSSR count). The third-order valence-corrected chi connectivity index (χ3v) is 2.46. The number of nitrogens with one attached hydrogen (secondary N) is 2. The van der Waals surface area contributed by atoms with Gasteiger partial charge in [0.15, 0.2) is 5.69 Å². The van der Waals surface area contributed by atoms with Gasteiger partial charge in [0.05, 0.1) is 22.0 Å². The van der Waals surface area contributed by atoms with Gasteiger partial charge in [-0.25, -0.2) is 5.48 Å².